The Bertz CT molecular complexity index is 409. The SMILES string of the molecule is COc1ccc(OC(F)F)c(NCC2CCCO2)c1. The van der Waals surface area contributed by atoms with Crippen molar-refractivity contribution in [3.63, 3.8) is 0 Å². The molecular weight excluding hydrogens is 256 g/mol. The molecule has 1 unspecified atom stereocenters. The third-order valence-electron chi connectivity index (χ3n) is 2.95. The van der Waals surface area contributed by atoms with E-state index in [0.717, 1.165) is 19.4 Å². The third-order valence-corrected chi connectivity index (χ3v) is 2.95. The van der Waals surface area contributed by atoms with E-state index in [1.165, 1.54) is 13.2 Å². The zero-order chi connectivity index (χ0) is 13.7. The summed E-state index contributed by atoms with van der Waals surface area (Å²) < 4.78 is 39.6. The number of benzene rings is 1. The van der Waals surface area contributed by atoms with E-state index in [4.69, 9.17) is 9.47 Å². The smallest absolute Gasteiger partial charge is 0.387 e. The highest BCUT2D eigenvalue weighted by Gasteiger charge is 2.17. The second-order valence-corrected chi connectivity index (χ2v) is 4.26. The van der Waals surface area contributed by atoms with Gasteiger partial charge in [-0.15, -0.1) is 0 Å². The summed E-state index contributed by atoms with van der Waals surface area (Å²) in [4.78, 5) is 0. The van der Waals surface area contributed by atoms with Crippen molar-refractivity contribution in [2.45, 2.75) is 25.6 Å². The summed E-state index contributed by atoms with van der Waals surface area (Å²) in [5, 5.41) is 3.07. The van der Waals surface area contributed by atoms with Gasteiger partial charge in [-0.1, -0.05) is 0 Å². The molecule has 4 nitrogen and oxygen atoms in total. The Kier molecular flexibility index (Phi) is 4.79. The fraction of sp³-hybridized carbons (Fsp3) is 0.538. The molecule has 0 saturated carbocycles. The van der Waals surface area contributed by atoms with Crippen LogP contribution in [0.25, 0.3) is 0 Å². The number of alkyl halides is 2. The summed E-state index contributed by atoms with van der Waals surface area (Å²) in [6, 6.07) is 4.67. The van der Waals surface area contributed by atoms with Gasteiger partial charge in [0.2, 0.25) is 0 Å². The lowest BCUT2D eigenvalue weighted by Gasteiger charge is -2.16. The maximum atomic E-state index is 12.3. The number of halogens is 2. The highest BCUT2D eigenvalue weighted by atomic mass is 19.3. The van der Waals surface area contributed by atoms with Gasteiger partial charge in [0.15, 0.2) is 0 Å². The normalized spacial score (nSPS) is 18.6. The second kappa shape index (κ2) is 6.56. The second-order valence-electron chi connectivity index (χ2n) is 4.26. The largest absolute Gasteiger partial charge is 0.497 e. The van der Waals surface area contributed by atoms with E-state index in [1.54, 1.807) is 12.1 Å². The van der Waals surface area contributed by atoms with Crippen molar-refractivity contribution in [2.75, 3.05) is 25.6 Å². The number of nitrogens with one attached hydrogen (secondary N) is 1. The van der Waals surface area contributed by atoms with Crippen LogP contribution in [-0.4, -0.2) is 33.0 Å². The van der Waals surface area contributed by atoms with Gasteiger partial charge >= 0.3 is 6.61 Å². The van der Waals surface area contributed by atoms with Gasteiger partial charge in [-0.05, 0) is 25.0 Å². The van der Waals surface area contributed by atoms with Crippen molar-refractivity contribution in [3.05, 3.63) is 18.2 Å². The van der Waals surface area contributed by atoms with Gasteiger partial charge in [0, 0.05) is 19.2 Å². The Morgan fingerprint density at radius 2 is 2.32 bits per heavy atom. The zero-order valence-electron chi connectivity index (χ0n) is 10.7. The lowest BCUT2D eigenvalue weighted by molar-refractivity contribution is -0.0494. The van der Waals surface area contributed by atoms with Crippen LogP contribution in [0.3, 0.4) is 0 Å². The average molecular weight is 273 g/mol. The minimum absolute atomic E-state index is 0.105. The van der Waals surface area contributed by atoms with Gasteiger partial charge in [-0.25, -0.2) is 0 Å². The summed E-state index contributed by atoms with van der Waals surface area (Å²) in [6.07, 6.45) is 2.12. The van der Waals surface area contributed by atoms with E-state index in [1.807, 2.05) is 0 Å². The Labute approximate surface area is 110 Å². The van der Waals surface area contributed by atoms with Gasteiger partial charge in [0.1, 0.15) is 11.5 Å². The topological polar surface area (TPSA) is 39.7 Å². The Morgan fingerprint density at radius 1 is 1.47 bits per heavy atom. The molecule has 1 aliphatic heterocycles. The molecule has 0 radical (unpaired) electrons. The van der Waals surface area contributed by atoms with Crippen LogP contribution >= 0.6 is 0 Å². The molecule has 1 atom stereocenters. The first kappa shape index (κ1) is 13.9. The van der Waals surface area contributed by atoms with E-state index >= 15 is 0 Å². The van der Waals surface area contributed by atoms with Gasteiger partial charge in [0.05, 0.1) is 18.9 Å². The van der Waals surface area contributed by atoms with Crippen LogP contribution in [0.2, 0.25) is 0 Å². The number of rotatable bonds is 6. The van der Waals surface area contributed by atoms with Crippen LogP contribution in [0.4, 0.5) is 14.5 Å². The van der Waals surface area contributed by atoms with Crippen LogP contribution in [0.1, 0.15) is 12.8 Å². The summed E-state index contributed by atoms with van der Waals surface area (Å²) in [6.45, 7) is -1.53. The minimum Gasteiger partial charge on any atom is -0.497 e. The summed E-state index contributed by atoms with van der Waals surface area (Å²) in [5.41, 5.74) is 0.482. The van der Waals surface area contributed by atoms with Crippen molar-refractivity contribution in [3.8, 4) is 11.5 Å². The summed E-state index contributed by atoms with van der Waals surface area (Å²) >= 11 is 0. The maximum absolute atomic E-state index is 12.3. The summed E-state index contributed by atoms with van der Waals surface area (Å²) in [5.74, 6) is 0.685. The monoisotopic (exact) mass is 273 g/mol. The number of hydrogen-bond acceptors (Lipinski definition) is 4. The molecule has 0 amide bonds. The lowest BCUT2D eigenvalue weighted by Crippen LogP contribution is -2.19. The molecule has 1 saturated heterocycles. The van der Waals surface area contributed by atoms with Gasteiger partial charge in [-0.2, -0.15) is 8.78 Å². The van der Waals surface area contributed by atoms with Crippen LogP contribution in [0.15, 0.2) is 18.2 Å². The molecule has 0 spiro atoms. The molecule has 0 aromatic heterocycles. The molecule has 1 aliphatic rings. The number of ether oxygens (including phenoxy) is 3. The molecular formula is C13H17F2NO3. The Balaban J connectivity index is 2.05. The van der Waals surface area contributed by atoms with Gasteiger partial charge < -0.3 is 19.5 Å². The number of methoxy groups -OCH3 is 1. The van der Waals surface area contributed by atoms with Crippen molar-refractivity contribution < 1.29 is 23.0 Å². The van der Waals surface area contributed by atoms with Crippen LogP contribution < -0.4 is 14.8 Å². The van der Waals surface area contributed by atoms with Crippen molar-refractivity contribution in [1.29, 1.82) is 0 Å². The minimum atomic E-state index is -2.85. The van der Waals surface area contributed by atoms with E-state index < -0.39 is 6.61 Å². The molecule has 106 valence electrons. The highest BCUT2D eigenvalue weighted by molar-refractivity contribution is 5.59. The van der Waals surface area contributed by atoms with Crippen LogP contribution in [-0.2, 0) is 4.74 Å². The van der Waals surface area contributed by atoms with E-state index in [2.05, 4.69) is 10.1 Å². The van der Waals surface area contributed by atoms with E-state index in [-0.39, 0.29) is 11.9 Å². The molecule has 2 rings (SSSR count). The van der Waals surface area contributed by atoms with Crippen LogP contribution in [0, 0.1) is 0 Å². The van der Waals surface area contributed by atoms with Crippen molar-refractivity contribution in [2.24, 2.45) is 0 Å². The van der Waals surface area contributed by atoms with E-state index in [9.17, 15) is 8.78 Å². The molecule has 1 aromatic rings. The first-order chi connectivity index (χ1) is 9.19. The third kappa shape index (κ3) is 3.96. The first-order valence-corrected chi connectivity index (χ1v) is 6.17. The maximum Gasteiger partial charge on any atom is 0.387 e. The average Bonchev–Trinajstić information content (AvgIpc) is 2.90. The van der Waals surface area contributed by atoms with Gasteiger partial charge in [0.25, 0.3) is 0 Å². The van der Waals surface area contributed by atoms with E-state index in [0.29, 0.717) is 18.0 Å². The standard InChI is InChI=1S/C13H17F2NO3/c1-17-9-4-5-12(19-13(14)15)11(7-9)16-8-10-3-2-6-18-10/h4-5,7,10,13,16H,2-3,6,8H2,1H3. The molecule has 0 aliphatic carbocycles. The molecule has 19 heavy (non-hydrogen) atoms. The molecule has 6 heteroatoms. The molecule has 0 bridgehead atoms. The fourth-order valence-electron chi connectivity index (χ4n) is 2.00. The van der Waals surface area contributed by atoms with Crippen molar-refractivity contribution in [1.82, 2.24) is 0 Å². The molecule has 1 aromatic carbocycles. The molecule has 1 N–H and O–H groups in total. The molecule has 1 heterocycles. The summed E-state index contributed by atoms with van der Waals surface area (Å²) in [7, 11) is 1.52. The fourth-order valence-corrected chi connectivity index (χ4v) is 2.00. The predicted octanol–water partition coefficient (Wildman–Crippen LogP) is 2.89. The quantitative estimate of drug-likeness (QED) is 0.865. The first-order valence-electron chi connectivity index (χ1n) is 6.17. The Hall–Kier alpha value is -1.56. The van der Waals surface area contributed by atoms with Crippen LogP contribution in [0.5, 0.6) is 11.5 Å². The number of hydrogen-bond donors (Lipinski definition) is 1. The van der Waals surface area contributed by atoms with Gasteiger partial charge in [-0.3, -0.25) is 0 Å². The highest BCUT2D eigenvalue weighted by Crippen LogP contribution is 2.30. The van der Waals surface area contributed by atoms with Crippen molar-refractivity contribution >= 4 is 5.69 Å². The zero-order valence-corrected chi connectivity index (χ0v) is 10.7. The Morgan fingerprint density at radius 3 is 2.95 bits per heavy atom. The predicted molar refractivity (Wildman–Crippen MR) is 67.1 cm³/mol. The lowest BCUT2D eigenvalue weighted by atomic mass is 10.2. The number of anilines is 1. The molecule has 1 fully saturated rings.